The molecule has 1 saturated heterocycles. The highest BCUT2D eigenvalue weighted by atomic mass is 32.2. The predicted octanol–water partition coefficient (Wildman–Crippen LogP) is 2.30. The van der Waals surface area contributed by atoms with Gasteiger partial charge in [-0.25, -0.2) is 4.98 Å². The molecule has 2 nitrogen and oxygen atoms in total. The summed E-state index contributed by atoms with van der Waals surface area (Å²) in [6.07, 6.45) is 6.82. The molecule has 0 spiro atoms. The Morgan fingerprint density at radius 1 is 1.57 bits per heavy atom. The maximum atomic E-state index is 6.19. The van der Waals surface area contributed by atoms with Crippen LogP contribution >= 0.6 is 23.1 Å². The summed E-state index contributed by atoms with van der Waals surface area (Å²) in [6.45, 7) is 0. The number of hydrogen-bond acceptors (Lipinski definition) is 4. The van der Waals surface area contributed by atoms with Crippen molar-refractivity contribution >= 4 is 23.1 Å². The van der Waals surface area contributed by atoms with Crippen molar-refractivity contribution in [3.05, 3.63) is 16.6 Å². The monoisotopic (exact) mass is 228 g/mol. The molecule has 1 aliphatic heterocycles. The number of thiazole rings is 1. The summed E-state index contributed by atoms with van der Waals surface area (Å²) >= 11 is 3.76. The Hall–Kier alpha value is -0.0600. The Bertz CT molecular complexity index is 255. The minimum Gasteiger partial charge on any atom is -0.326 e. The summed E-state index contributed by atoms with van der Waals surface area (Å²) < 4.78 is 0. The molecule has 2 unspecified atom stereocenters. The minimum atomic E-state index is 0.298. The van der Waals surface area contributed by atoms with Crippen LogP contribution in [-0.2, 0) is 6.42 Å². The molecule has 2 atom stereocenters. The number of hydrogen-bond donors (Lipinski definition) is 1. The number of rotatable bonds is 3. The zero-order chi connectivity index (χ0) is 9.80. The highest BCUT2D eigenvalue weighted by Gasteiger charge is 2.21. The first-order valence-corrected chi connectivity index (χ1v) is 7.04. The van der Waals surface area contributed by atoms with Crippen molar-refractivity contribution in [1.82, 2.24) is 4.98 Å². The van der Waals surface area contributed by atoms with E-state index in [2.05, 4.69) is 4.98 Å². The Morgan fingerprint density at radius 2 is 2.50 bits per heavy atom. The fraction of sp³-hybridized carbons (Fsp3) is 0.700. The maximum Gasteiger partial charge on any atom is 0.0940 e. The van der Waals surface area contributed by atoms with E-state index in [0.717, 1.165) is 6.42 Å². The van der Waals surface area contributed by atoms with Gasteiger partial charge >= 0.3 is 0 Å². The molecule has 2 rings (SSSR count). The highest BCUT2D eigenvalue weighted by Crippen LogP contribution is 2.28. The van der Waals surface area contributed by atoms with Crippen LogP contribution < -0.4 is 5.73 Å². The van der Waals surface area contributed by atoms with Gasteiger partial charge in [0.05, 0.1) is 5.01 Å². The Kier molecular flexibility index (Phi) is 3.84. The molecule has 4 heteroatoms. The first kappa shape index (κ1) is 10.5. The zero-order valence-electron chi connectivity index (χ0n) is 8.19. The van der Waals surface area contributed by atoms with Crippen molar-refractivity contribution in [2.75, 3.05) is 5.75 Å². The third-order valence-electron chi connectivity index (χ3n) is 2.59. The lowest BCUT2D eigenvalue weighted by atomic mass is 10.1. The van der Waals surface area contributed by atoms with Crippen LogP contribution in [0, 0.1) is 0 Å². The van der Waals surface area contributed by atoms with E-state index < -0.39 is 0 Å². The van der Waals surface area contributed by atoms with Crippen LogP contribution in [0.15, 0.2) is 11.6 Å². The lowest BCUT2D eigenvalue weighted by molar-refractivity contribution is 0.558. The van der Waals surface area contributed by atoms with Gasteiger partial charge < -0.3 is 5.73 Å². The number of thioether (sulfide) groups is 1. The summed E-state index contributed by atoms with van der Waals surface area (Å²) in [5, 5.41) is 3.87. The minimum absolute atomic E-state index is 0.298. The second kappa shape index (κ2) is 5.14. The molecular weight excluding hydrogens is 212 g/mol. The normalized spacial score (nSPS) is 24.8. The van der Waals surface area contributed by atoms with Gasteiger partial charge in [0, 0.05) is 29.3 Å². The van der Waals surface area contributed by atoms with E-state index in [1.807, 2.05) is 23.3 Å². The van der Waals surface area contributed by atoms with Crippen LogP contribution in [0.25, 0.3) is 0 Å². The lowest BCUT2D eigenvalue weighted by Gasteiger charge is -2.26. The SMILES string of the molecule is NC(Cc1nccs1)C1CCCCS1. The van der Waals surface area contributed by atoms with Crippen LogP contribution in [-0.4, -0.2) is 22.0 Å². The lowest BCUT2D eigenvalue weighted by Crippen LogP contribution is -2.36. The molecule has 1 aromatic heterocycles. The van der Waals surface area contributed by atoms with Crippen molar-refractivity contribution < 1.29 is 0 Å². The summed E-state index contributed by atoms with van der Waals surface area (Å²) in [5.74, 6) is 1.29. The summed E-state index contributed by atoms with van der Waals surface area (Å²) in [5.41, 5.74) is 6.19. The smallest absolute Gasteiger partial charge is 0.0940 e. The van der Waals surface area contributed by atoms with Crippen molar-refractivity contribution in [2.24, 2.45) is 5.73 Å². The standard InChI is InChI=1S/C10H16N2S2/c11-8(7-10-12-4-6-14-10)9-3-1-2-5-13-9/h4,6,8-9H,1-3,5,7,11H2. The number of nitrogens with zero attached hydrogens (tertiary/aromatic N) is 1. The van der Waals surface area contributed by atoms with Gasteiger partial charge in [-0.3, -0.25) is 0 Å². The van der Waals surface area contributed by atoms with Gasteiger partial charge in [0.15, 0.2) is 0 Å². The largest absolute Gasteiger partial charge is 0.326 e. The van der Waals surface area contributed by atoms with E-state index in [0.29, 0.717) is 11.3 Å². The molecular formula is C10H16N2S2. The van der Waals surface area contributed by atoms with Crippen LogP contribution in [0.5, 0.6) is 0 Å². The van der Waals surface area contributed by atoms with Gasteiger partial charge in [0.25, 0.3) is 0 Å². The Balaban J connectivity index is 1.85. The van der Waals surface area contributed by atoms with Crippen LogP contribution in [0.1, 0.15) is 24.3 Å². The highest BCUT2D eigenvalue weighted by molar-refractivity contribution is 8.00. The second-order valence-electron chi connectivity index (χ2n) is 3.70. The topological polar surface area (TPSA) is 38.9 Å². The molecule has 2 N–H and O–H groups in total. The molecule has 2 heterocycles. The van der Waals surface area contributed by atoms with Crippen molar-refractivity contribution in [2.45, 2.75) is 37.0 Å². The molecule has 0 saturated carbocycles. The van der Waals surface area contributed by atoms with Gasteiger partial charge in [-0.2, -0.15) is 11.8 Å². The average molecular weight is 228 g/mol. The number of aromatic nitrogens is 1. The second-order valence-corrected chi connectivity index (χ2v) is 6.03. The Morgan fingerprint density at radius 3 is 3.14 bits per heavy atom. The first-order chi connectivity index (χ1) is 6.86. The molecule has 1 fully saturated rings. The van der Waals surface area contributed by atoms with Crippen LogP contribution in [0.2, 0.25) is 0 Å². The Labute approximate surface area is 93.3 Å². The van der Waals surface area contributed by atoms with Gasteiger partial charge in [-0.1, -0.05) is 6.42 Å². The van der Waals surface area contributed by atoms with Crippen LogP contribution in [0.3, 0.4) is 0 Å². The first-order valence-electron chi connectivity index (χ1n) is 5.12. The van der Waals surface area contributed by atoms with Gasteiger partial charge in [-0.15, -0.1) is 11.3 Å². The third-order valence-corrected chi connectivity index (χ3v) is 4.93. The number of nitrogens with two attached hydrogens (primary N) is 1. The van der Waals surface area contributed by atoms with Crippen molar-refractivity contribution in [3.63, 3.8) is 0 Å². The van der Waals surface area contributed by atoms with Gasteiger partial charge in [0.1, 0.15) is 0 Å². The molecule has 0 radical (unpaired) electrons. The molecule has 14 heavy (non-hydrogen) atoms. The average Bonchev–Trinajstić information content (AvgIpc) is 2.72. The van der Waals surface area contributed by atoms with Gasteiger partial charge in [-0.05, 0) is 18.6 Å². The van der Waals surface area contributed by atoms with E-state index in [4.69, 9.17) is 5.73 Å². The maximum absolute atomic E-state index is 6.19. The molecule has 0 aliphatic carbocycles. The quantitative estimate of drug-likeness (QED) is 0.863. The predicted molar refractivity (Wildman–Crippen MR) is 63.9 cm³/mol. The summed E-state index contributed by atoms with van der Waals surface area (Å²) in [7, 11) is 0. The molecule has 0 aromatic carbocycles. The molecule has 0 bridgehead atoms. The zero-order valence-corrected chi connectivity index (χ0v) is 9.82. The molecule has 1 aromatic rings. The molecule has 0 amide bonds. The van der Waals surface area contributed by atoms with E-state index in [1.165, 1.54) is 30.0 Å². The van der Waals surface area contributed by atoms with E-state index in [1.54, 1.807) is 11.3 Å². The van der Waals surface area contributed by atoms with Gasteiger partial charge in [0.2, 0.25) is 0 Å². The molecule has 78 valence electrons. The molecule has 1 aliphatic rings. The fourth-order valence-corrected chi connectivity index (χ4v) is 3.83. The summed E-state index contributed by atoms with van der Waals surface area (Å²) in [6, 6.07) is 0.298. The third kappa shape index (κ3) is 2.72. The fourth-order valence-electron chi connectivity index (χ4n) is 1.79. The van der Waals surface area contributed by atoms with E-state index in [9.17, 15) is 0 Å². The summed E-state index contributed by atoms with van der Waals surface area (Å²) in [4.78, 5) is 4.28. The van der Waals surface area contributed by atoms with Crippen molar-refractivity contribution in [1.29, 1.82) is 0 Å². The van der Waals surface area contributed by atoms with Crippen molar-refractivity contribution in [3.8, 4) is 0 Å². The van der Waals surface area contributed by atoms with E-state index in [-0.39, 0.29) is 0 Å². The van der Waals surface area contributed by atoms with E-state index >= 15 is 0 Å². The van der Waals surface area contributed by atoms with Crippen LogP contribution in [0.4, 0.5) is 0 Å².